The lowest BCUT2D eigenvalue weighted by molar-refractivity contribution is -0.119. The number of aromatic nitrogens is 3. The molecular weight excluding hydrogens is 352 g/mol. The monoisotopic (exact) mass is 370 g/mol. The van der Waals surface area contributed by atoms with Crippen molar-refractivity contribution in [1.82, 2.24) is 20.5 Å². The molecule has 2 aromatic heterocycles. The van der Waals surface area contributed by atoms with Crippen LogP contribution in [0.4, 0.5) is 0 Å². The number of H-pyrrole nitrogens is 1. The molecule has 128 valence electrons. The van der Waals surface area contributed by atoms with Gasteiger partial charge in [-0.3, -0.25) is 9.89 Å². The smallest absolute Gasteiger partial charge is 0.230 e. The van der Waals surface area contributed by atoms with Crippen molar-refractivity contribution in [3.8, 4) is 0 Å². The summed E-state index contributed by atoms with van der Waals surface area (Å²) in [5, 5.41) is 12.5. The number of rotatable bonds is 7. The van der Waals surface area contributed by atoms with E-state index in [9.17, 15) is 4.79 Å². The van der Waals surface area contributed by atoms with Gasteiger partial charge in [-0.25, -0.2) is 4.98 Å². The van der Waals surface area contributed by atoms with Gasteiger partial charge in [-0.2, -0.15) is 0 Å². The van der Waals surface area contributed by atoms with Crippen molar-refractivity contribution in [2.24, 2.45) is 0 Å². The van der Waals surface area contributed by atoms with Crippen LogP contribution in [0.2, 0.25) is 0 Å². The number of hydrogen-bond acceptors (Lipinski definition) is 5. The van der Waals surface area contributed by atoms with Crippen LogP contribution in [0, 0.1) is 0 Å². The van der Waals surface area contributed by atoms with Crippen molar-refractivity contribution in [3.63, 3.8) is 0 Å². The average Bonchev–Trinajstić information content (AvgIpc) is 3.31. The van der Waals surface area contributed by atoms with Gasteiger partial charge in [0.15, 0.2) is 0 Å². The Morgan fingerprint density at radius 1 is 1.28 bits per heavy atom. The predicted molar refractivity (Wildman–Crippen MR) is 103 cm³/mol. The van der Waals surface area contributed by atoms with Crippen LogP contribution >= 0.6 is 23.1 Å². The number of amides is 1. The largest absolute Gasteiger partial charge is 0.348 e. The molecule has 0 aliphatic rings. The Kier molecular flexibility index (Phi) is 6.03. The first-order chi connectivity index (χ1) is 12.2. The lowest BCUT2D eigenvalue weighted by Gasteiger charge is -2.11. The van der Waals surface area contributed by atoms with E-state index >= 15 is 0 Å². The normalized spacial score (nSPS) is 12.4. The van der Waals surface area contributed by atoms with E-state index < -0.39 is 0 Å². The molecule has 1 amide bonds. The molecule has 3 aromatic rings. The Morgan fingerprint density at radius 3 is 2.88 bits per heavy atom. The molecule has 0 saturated carbocycles. The number of nitrogens with one attached hydrogen (secondary N) is 2. The summed E-state index contributed by atoms with van der Waals surface area (Å²) in [6.07, 6.45) is 3.83. The molecule has 0 radical (unpaired) electrons. The zero-order valence-corrected chi connectivity index (χ0v) is 15.3. The molecule has 25 heavy (non-hydrogen) atoms. The van der Waals surface area contributed by atoms with Crippen LogP contribution in [0.1, 0.15) is 29.2 Å². The number of thioether (sulfide) groups is 1. The van der Waals surface area contributed by atoms with E-state index in [0.717, 1.165) is 10.4 Å². The molecule has 0 aliphatic carbocycles. The summed E-state index contributed by atoms with van der Waals surface area (Å²) in [6, 6.07) is 14.0. The number of benzene rings is 1. The molecule has 0 saturated heterocycles. The van der Waals surface area contributed by atoms with Crippen LogP contribution in [-0.2, 0) is 4.79 Å². The molecule has 3 rings (SSSR count). The molecule has 7 heteroatoms. The topological polar surface area (TPSA) is 70.7 Å². The van der Waals surface area contributed by atoms with Crippen molar-refractivity contribution in [2.75, 3.05) is 5.75 Å². The molecule has 1 atom stereocenters. The minimum Gasteiger partial charge on any atom is -0.348 e. The van der Waals surface area contributed by atoms with Gasteiger partial charge in [-0.1, -0.05) is 54.2 Å². The maximum atomic E-state index is 12.0. The first-order valence-corrected chi connectivity index (χ1v) is 9.68. The Morgan fingerprint density at radius 2 is 2.12 bits per heavy atom. The van der Waals surface area contributed by atoms with Crippen LogP contribution in [-0.4, -0.2) is 26.8 Å². The van der Waals surface area contributed by atoms with E-state index in [0.29, 0.717) is 11.0 Å². The predicted octanol–water partition coefficient (Wildman–Crippen LogP) is 4.01. The first kappa shape index (κ1) is 17.4. The van der Waals surface area contributed by atoms with Gasteiger partial charge in [-0.05, 0) is 30.0 Å². The third-order valence-electron chi connectivity index (χ3n) is 3.40. The minimum atomic E-state index is -0.0305. The third kappa shape index (κ3) is 5.30. The van der Waals surface area contributed by atoms with E-state index in [4.69, 9.17) is 0 Å². The Labute approximate surface area is 154 Å². The van der Waals surface area contributed by atoms with Gasteiger partial charge in [0.1, 0.15) is 5.82 Å². The molecule has 0 aliphatic heterocycles. The second kappa shape index (κ2) is 8.64. The zero-order valence-electron chi connectivity index (χ0n) is 13.7. The van der Waals surface area contributed by atoms with Crippen LogP contribution in [0.5, 0.6) is 0 Å². The fourth-order valence-corrected chi connectivity index (χ4v) is 3.51. The third-order valence-corrected chi connectivity index (χ3v) is 5.30. The van der Waals surface area contributed by atoms with Crippen molar-refractivity contribution in [2.45, 2.75) is 18.1 Å². The lowest BCUT2D eigenvalue weighted by atomic mass is 10.2. The van der Waals surface area contributed by atoms with Crippen LogP contribution < -0.4 is 5.32 Å². The van der Waals surface area contributed by atoms with Crippen LogP contribution in [0.25, 0.3) is 12.2 Å². The summed E-state index contributed by atoms with van der Waals surface area (Å²) in [7, 11) is 0. The maximum absolute atomic E-state index is 12.0. The van der Waals surface area contributed by atoms with Crippen molar-refractivity contribution in [1.29, 1.82) is 0 Å². The van der Waals surface area contributed by atoms with Gasteiger partial charge < -0.3 is 5.32 Å². The number of hydrogen-bond donors (Lipinski definition) is 2. The molecule has 1 unspecified atom stereocenters. The highest BCUT2D eigenvalue weighted by molar-refractivity contribution is 7.99. The number of carbonyl (C=O) groups is 1. The van der Waals surface area contributed by atoms with Crippen molar-refractivity contribution < 1.29 is 4.79 Å². The van der Waals surface area contributed by atoms with Gasteiger partial charge >= 0.3 is 0 Å². The number of aromatic amines is 1. The maximum Gasteiger partial charge on any atom is 0.230 e. The second-order valence-electron chi connectivity index (χ2n) is 5.34. The quantitative estimate of drug-likeness (QED) is 0.617. The highest BCUT2D eigenvalue weighted by Gasteiger charge is 2.11. The SMILES string of the molecule is CC(NC(=O)CSc1n[nH]c(/C=C/c2ccccc2)n1)c1cccs1. The molecule has 0 bridgehead atoms. The van der Waals surface area contributed by atoms with Gasteiger partial charge in [-0.15, -0.1) is 16.4 Å². The van der Waals surface area contributed by atoms with Gasteiger partial charge in [0.2, 0.25) is 11.1 Å². The highest BCUT2D eigenvalue weighted by atomic mass is 32.2. The lowest BCUT2D eigenvalue weighted by Crippen LogP contribution is -2.27. The Balaban J connectivity index is 1.48. The molecule has 0 fully saturated rings. The number of nitrogens with zero attached hydrogens (tertiary/aromatic N) is 2. The highest BCUT2D eigenvalue weighted by Crippen LogP contribution is 2.19. The van der Waals surface area contributed by atoms with Crippen LogP contribution in [0.3, 0.4) is 0 Å². The van der Waals surface area contributed by atoms with E-state index in [1.807, 2.05) is 66.9 Å². The van der Waals surface area contributed by atoms with Gasteiger partial charge in [0.25, 0.3) is 0 Å². The van der Waals surface area contributed by atoms with E-state index in [-0.39, 0.29) is 17.7 Å². The summed E-state index contributed by atoms with van der Waals surface area (Å²) in [6.45, 7) is 1.98. The summed E-state index contributed by atoms with van der Waals surface area (Å²) in [4.78, 5) is 17.5. The number of thiophene rings is 1. The first-order valence-electron chi connectivity index (χ1n) is 7.82. The molecule has 5 nitrogen and oxygen atoms in total. The summed E-state index contributed by atoms with van der Waals surface area (Å²) < 4.78 is 0. The Hall–Kier alpha value is -2.38. The summed E-state index contributed by atoms with van der Waals surface area (Å²) >= 11 is 2.95. The minimum absolute atomic E-state index is 0.0182. The van der Waals surface area contributed by atoms with Crippen LogP contribution in [0.15, 0.2) is 53.0 Å². The second-order valence-corrected chi connectivity index (χ2v) is 7.26. The van der Waals surface area contributed by atoms with Crippen molar-refractivity contribution in [3.05, 3.63) is 64.1 Å². The molecule has 2 N–H and O–H groups in total. The molecular formula is C18H18N4OS2. The molecule has 2 heterocycles. The standard InChI is InChI=1S/C18H18N4OS2/c1-13(15-8-5-11-24-15)19-17(23)12-25-18-20-16(21-22-18)10-9-14-6-3-2-4-7-14/h2-11,13H,12H2,1H3,(H,19,23)(H,20,21,22)/b10-9+. The fraction of sp³-hybridized carbons (Fsp3) is 0.167. The average molecular weight is 371 g/mol. The zero-order chi connectivity index (χ0) is 17.5. The van der Waals surface area contributed by atoms with E-state index in [1.165, 1.54) is 11.8 Å². The summed E-state index contributed by atoms with van der Waals surface area (Å²) in [5.41, 5.74) is 1.09. The fourth-order valence-electron chi connectivity index (χ4n) is 2.16. The van der Waals surface area contributed by atoms with Gasteiger partial charge in [0.05, 0.1) is 11.8 Å². The van der Waals surface area contributed by atoms with E-state index in [1.54, 1.807) is 11.3 Å². The van der Waals surface area contributed by atoms with Gasteiger partial charge in [0, 0.05) is 4.88 Å². The van der Waals surface area contributed by atoms with Crippen molar-refractivity contribution >= 4 is 41.2 Å². The molecule has 0 spiro atoms. The molecule has 1 aromatic carbocycles. The Bertz CT molecular complexity index is 828. The van der Waals surface area contributed by atoms with E-state index in [2.05, 4.69) is 20.5 Å². The number of carbonyl (C=O) groups excluding carboxylic acids is 1. The summed E-state index contributed by atoms with van der Waals surface area (Å²) in [5.74, 6) is 0.922.